The molecule has 0 spiro atoms. The highest BCUT2D eigenvalue weighted by atomic mass is 35.5. The fourth-order valence-electron chi connectivity index (χ4n) is 2.54. The minimum atomic E-state index is -0.577. The van der Waals surface area contributed by atoms with Gasteiger partial charge >= 0.3 is 0 Å². The Morgan fingerprint density at radius 1 is 1.09 bits per heavy atom. The maximum Gasteiger partial charge on any atom is 0.165 e. The number of hydrogen-bond donors (Lipinski definition) is 2. The van der Waals surface area contributed by atoms with Crippen molar-refractivity contribution >= 4 is 11.6 Å². The first-order chi connectivity index (χ1) is 11.2. The van der Waals surface area contributed by atoms with E-state index in [1.54, 1.807) is 12.1 Å². The minimum Gasteiger partial charge on any atom is -0.490 e. The van der Waals surface area contributed by atoms with Gasteiger partial charge in [-0.05, 0) is 23.8 Å². The van der Waals surface area contributed by atoms with Crippen LogP contribution in [0.3, 0.4) is 0 Å². The van der Waals surface area contributed by atoms with Crippen LogP contribution >= 0.6 is 11.6 Å². The second kappa shape index (κ2) is 7.68. The summed E-state index contributed by atoms with van der Waals surface area (Å²) in [6.45, 7) is 2.40. The highest BCUT2D eigenvalue weighted by Gasteiger charge is 2.14. The number of para-hydroxylation sites is 1. The van der Waals surface area contributed by atoms with Crippen molar-refractivity contribution in [3.8, 4) is 11.5 Å². The lowest BCUT2D eigenvalue weighted by atomic mass is 10.1. The van der Waals surface area contributed by atoms with Crippen molar-refractivity contribution in [2.24, 2.45) is 0 Å². The molecule has 1 atom stereocenters. The molecule has 1 aliphatic rings. The molecule has 0 radical (unpaired) electrons. The van der Waals surface area contributed by atoms with E-state index in [0.29, 0.717) is 31.3 Å². The fraction of sp³-hybridized carbons (Fsp3) is 0.333. The first-order valence-electron chi connectivity index (χ1n) is 7.76. The van der Waals surface area contributed by atoms with Crippen LogP contribution in [-0.2, 0) is 6.54 Å². The summed E-state index contributed by atoms with van der Waals surface area (Å²) in [4.78, 5) is 0. The van der Waals surface area contributed by atoms with Gasteiger partial charge in [-0.15, -0.1) is 0 Å². The molecule has 3 rings (SSSR count). The number of ether oxygens (including phenoxy) is 2. The largest absolute Gasteiger partial charge is 0.490 e. The Balaban J connectivity index is 1.59. The number of rotatable bonds is 5. The van der Waals surface area contributed by atoms with Crippen molar-refractivity contribution in [2.45, 2.75) is 19.1 Å². The van der Waals surface area contributed by atoms with Crippen LogP contribution in [0, 0.1) is 0 Å². The SMILES string of the molecule is OC(CNCc1cccc2c1OCCCO2)c1ccc(Cl)cc1. The Labute approximate surface area is 141 Å². The Bertz CT molecular complexity index is 645. The molecule has 4 nitrogen and oxygen atoms in total. The van der Waals surface area contributed by atoms with Crippen LogP contribution in [0.5, 0.6) is 11.5 Å². The summed E-state index contributed by atoms with van der Waals surface area (Å²) in [7, 11) is 0. The zero-order valence-electron chi connectivity index (χ0n) is 12.8. The Morgan fingerprint density at radius 2 is 1.87 bits per heavy atom. The van der Waals surface area contributed by atoms with Crippen LogP contribution in [0.15, 0.2) is 42.5 Å². The maximum absolute atomic E-state index is 10.2. The molecule has 0 bridgehead atoms. The van der Waals surface area contributed by atoms with Gasteiger partial charge in [-0.2, -0.15) is 0 Å². The van der Waals surface area contributed by atoms with Crippen molar-refractivity contribution in [2.75, 3.05) is 19.8 Å². The zero-order chi connectivity index (χ0) is 16.1. The summed E-state index contributed by atoms with van der Waals surface area (Å²) < 4.78 is 11.5. The minimum absolute atomic E-state index is 0.451. The smallest absolute Gasteiger partial charge is 0.165 e. The third-order valence-corrected chi connectivity index (χ3v) is 4.01. The van der Waals surface area contributed by atoms with Gasteiger partial charge in [0.25, 0.3) is 0 Å². The van der Waals surface area contributed by atoms with Crippen LogP contribution < -0.4 is 14.8 Å². The van der Waals surface area contributed by atoms with E-state index in [0.717, 1.165) is 29.0 Å². The third kappa shape index (κ3) is 4.16. The molecule has 2 aromatic rings. The van der Waals surface area contributed by atoms with E-state index >= 15 is 0 Å². The predicted molar refractivity (Wildman–Crippen MR) is 90.2 cm³/mol. The Morgan fingerprint density at radius 3 is 2.70 bits per heavy atom. The molecule has 1 unspecified atom stereocenters. The summed E-state index contributed by atoms with van der Waals surface area (Å²) in [5.74, 6) is 1.60. The topological polar surface area (TPSA) is 50.7 Å². The number of fused-ring (bicyclic) bond motifs is 1. The molecule has 5 heteroatoms. The quantitative estimate of drug-likeness (QED) is 0.881. The summed E-state index contributed by atoms with van der Waals surface area (Å²) in [6.07, 6.45) is 0.309. The second-order valence-electron chi connectivity index (χ2n) is 5.49. The molecule has 2 aromatic carbocycles. The van der Waals surface area contributed by atoms with Gasteiger partial charge in [-0.1, -0.05) is 35.9 Å². The molecule has 0 saturated heterocycles. The normalized spacial score (nSPS) is 15.0. The maximum atomic E-state index is 10.2. The molecular formula is C18H20ClNO3. The molecule has 0 aromatic heterocycles. The van der Waals surface area contributed by atoms with Gasteiger partial charge < -0.3 is 19.9 Å². The first-order valence-corrected chi connectivity index (χ1v) is 8.13. The predicted octanol–water partition coefficient (Wildman–Crippen LogP) is 3.32. The lowest BCUT2D eigenvalue weighted by Gasteiger charge is -2.15. The molecule has 1 heterocycles. The number of hydrogen-bond acceptors (Lipinski definition) is 4. The van der Waals surface area contributed by atoms with E-state index in [9.17, 15) is 5.11 Å². The van der Waals surface area contributed by atoms with E-state index in [1.165, 1.54) is 0 Å². The molecule has 0 aliphatic carbocycles. The van der Waals surface area contributed by atoms with Crippen molar-refractivity contribution in [3.05, 3.63) is 58.6 Å². The molecule has 0 saturated carbocycles. The van der Waals surface area contributed by atoms with E-state index in [4.69, 9.17) is 21.1 Å². The summed E-state index contributed by atoms with van der Waals surface area (Å²) in [5.41, 5.74) is 1.88. The molecule has 0 amide bonds. The van der Waals surface area contributed by atoms with Gasteiger partial charge in [0.1, 0.15) is 0 Å². The summed E-state index contributed by atoms with van der Waals surface area (Å²) >= 11 is 5.86. The fourth-order valence-corrected chi connectivity index (χ4v) is 2.67. The summed E-state index contributed by atoms with van der Waals surface area (Å²) in [6, 6.07) is 13.1. The lowest BCUT2D eigenvalue weighted by molar-refractivity contribution is 0.174. The van der Waals surface area contributed by atoms with Gasteiger partial charge in [0.2, 0.25) is 0 Å². The molecule has 0 fully saturated rings. The number of aliphatic hydroxyl groups is 1. The van der Waals surface area contributed by atoms with Crippen LogP contribution in [0.4, 0.5) is 0 Å². The highest BCUT2D eigenvalue weighted by Crippen LogP contribution is 2.33. The average Bonchev–Trinajstić information content (AvgIpc) is 2.81. The van der Waals surface area contributed by atoms with Crippen LogP contribution in [-0.4, -0.2) is 24.9 Å². The Kier molecular flexibility index (Phi) is 5.39. The van der Waals surface area contributed by atoms with Crippen molar-refractivity contribution in [3.63, 3.8) is 0 Å². The van der Waals surface area contributed by atoms with E-state index in [1.807, 2.05) is 30.3 Å². The number of halogens is 1. The molecule has 122 valence electrons. The average molecular weight is 334 g/mol. The van der Waals surface area contributed by atoms with Gasteiger partial charge in [0.15, 0.2) is 11.5 Å². The van der Waals surface area contributed by atoms with E-state index < -0.39 is 6.10 Å². The Hall–Kier alpha value is -1.75. The first kappa shape index (κ1) is 16.1. The van der Waals surface area contributed by atoms with E-state index in [2.05, 4.69) is 5.32 Å². The van der Waals surface area contributed by atoms with Crippen molar-refractivity contribution in [1.82, 2.24) is 5.32 Å². The summed E-state index contributed by atoms with van der Waals surface area (Å²) in [5, 5.41) is 14.1. The van der Waals surface area contributed by atoms with E-state index in [-0.39, 0.29) is 0 Å². The number of nitrogens with one attached hydrogen (secondary N) is 1. The lowest BCUT2D eigenvalue weighted by Crippen LogP contribution is -2.21. The van der Waals surface area contributed by atoms with Gasteiger partial charge in [0.05, 0.1) is 19.3 Å². The second-order valence-corrected chi connectivity index (χ2v) is 5.93. The molecule has 23 heavy (non-hydrogen) atoms. The highest BCUT2D eigenvalue weighted by molar-refractivity contribution is 6.30. The van der Waals surface area contributed by atoms with Crippen LogP contribution in [0.25, 0.3) is 0 Å². The zero-order valence-corrected chi connectivity index (χ0v) is 13.6. The number of benzene rings is 2. The van der Waals surface area contributed by atoms with Crippen molar-refractivity contribution < 1.29 is 14.6 Å². The van der Waals surface area contributed by atoms with Crippen molar-refractivity contribution in [1.29, 1.82) is 0 Å². The van der Waals surface area contributed by atoms with Gasteiger partial charge in [-0.25, -0.2) is 0 Å². The molecule has 1 aliphatic heterocycles. The number of aliphatic hydroxyl groups excluding tert-OH is 1. The standard InChI is InChI=1S/C18H20ClNO3/c19-15-7-5-13(6-8-15)16(21)12-20-11-14-3-1-4-17-18(14)23-10-2-9-22-17/h1,3-8,16,20-21H,2,9-12H2. The monoisotopic (exact) mass is 333 g/mol. The van der Waals surface area contributed by atoms with Crippen LogP contribution in [0.1, 0.15) is 23.7 Å². The van der Waals surface area contributed by atoms with Crippen LogP contribution in [0.2, 0.25) is 5.02 Å². The third-order valence-electron chi connectivity index (χ3n) is 3.76. The van der Waals surface area contributed by atoms with Gasteiger partial charge in [0, 0.05) is 30.1 Å². The van der Waals surface area contributed by atoms with Gasteiger partial charge in [-0.3, -0.25) is 0 Å². The molecular weight excluding hydrogens is 314 g/mol. The molecule has 2 N–H and O–H groups in total.